The molecule has 9 rings (SSSR count). The lowest BCUT2D eigenvalue weighted by Crippen LogP contribution is -2.00. The van der Waals surface area contributed by atoms with E-state index in [2.05, 4.69) is 121 Å². The van der Waals surface area contributed by atoms with E-state index >= 15 is 0 Å². The highest BCUT2D eigenvalue weighted by atomic mass is 32.1. The predicted molar refractivity (Wildman–Crippen MR) is 187 cm³/mol. The lowest BCUT2D eigenvalue weighted by Gasteiger charge is -2.10. The van der Waals surface area contributed by atoms with Gasteiger partial charge >= 0.3 is 0 Å². The van der Waals surface area contributed by atoms with Crippen molar-refractivity contribution >= 4 is 63.0 Å². The predicted octanol–water partition coefficient (Wildman–Crippen LogP) is 11.3. The van der Waals surface area contributed by atoms with Crippen LogP contribution in [0.4, 0.5) is 0 Å². The van der Waals surface area contributed by atoms with Gasteiger partial charge in [0.05, 0.1) is 0 Å². The van der Waals surface area contributed by atoms with Crippen molar-refractivity contribution in [3.63, 3.8) is 0 Å². The van der Waals surface area contributed by atoms with Crippen LogP contribution in [-0.4, -0.2) is 15.0 Å². The summed E-state index contributed by atoms with van der Waals surface area (Å²) in [5.74, 6) is 2.05. The minimum atomic E-state index is 0.673. The van der Waals surface area contributed by atoms with Crippen LogP contribution in [0, 0.1) is 0 Å². The van der Waals surface area contributed by atoms with Crippen LogP contribution in [0.5, 0.6) is 0 Å². The van der Waals surface area contributed by atoms with Gasteiger partial charge in [-0.2, -0.15) is 0 Å². The second-order valence-corrected chi connectivity index (χ2v) is 12.9. The Hall–Kier alpha value is -5.23. The van der Waals surface area contributed by atoms with E-state index in [-0.39, 0.29) is 0 Å². The number of nitrogens with zero attached hydrogens (tertiary/aromatic N) is 3. The molecule has 0 aliphatic rings. The van der Waals surface area contributed by atoms with E-state index in [0.717, 1.165) is 16.7 Å². The van der Waals surface area contributed by atoms with Crippen molar-refractivity contribution in [2.75, 3.05) is 0 Å². The fourth-order valence-corrected chi connectivity index (χ4v) is 8.59. The molecule has 3 heterocycles. The van der Waals surface area contributed by atoms with Crippen LogP contribution in [0.1, 0.15) is 0 Å². The summed E-state index contributed by atoms with van der Waals surface area (Å²) in [6.45, 7) is 0. The van der Waals surface area contributed by atoms with Crippen LogP contribution in [-0.2, 0) is 0 Å². The normalized spacial score (nSPS) is 11.6. The first-order valence-corrected chi connectivity index (χ1v) is 16.2. The number of hydrogen-bond acceptors (Lipinski definition) is 5. The van der Waals surface area contributed by atoms with Gasteiger partial charge in [0.2, 0.25) is 0 Å². The minimum Gasteiger partial charge on any atom is -0.208 e. The van der Waals surface area contributed by atoms with Crippen LogP contribution < -0.4 is 0 Å². The smallest absolute Gasteiger partial charge is 0.165 e. The molecule has 0 spiro atoms. The molecule has 9 aromatic rings. The Balaban J connectivity index is 1.31. The molecule has 0 fully saturated rings. The molecule has 0 amide bonds. The van der Waals surface area contributed by atoms with E-state index in [9.17, 15) is 0 Å². The molecular formula is C39H23N3S2. The summed E-state index contributed by atoms with van der Waals surface area (Å²) in [5, 5.41) is 4.98. The van der Waals surface area contributed by atoms with Gasteiger partial charge in [-0.1, -0.05) is 115 Å². The number of hydrogen-bond donors (Lipinski definition) is 0. The van der Waals surface area contributed by atoms with Crippen molar-refractivity contribution in [2.24, 2.45) is 0 Å². The van der Waals surface area contributed by atoms with E-state index in [4.69, 9.17) is 15.0 Å². The summed E-state index contributed by atoms with van der Waals surface area (Å²) in [6, 6.07) is 48.9. The van der Waals surface area contributed by atoms with E-state index in [1.54, 1.807) is 22.7 Å². The van der Waals surface area contributed by atoms with Gasteiger partial charge in [-0.05, 0) is 35.4 Å². The van der Waals surface area contributed by atoms with Gasteiger partial charge in [0.25, 0.3) is 0 Å². The average molecular weight is 598 g/mol. The molecule has 3 aromatic heterocycles. The first-order valence-electron chi connectivity index (χ1n) is 14.5. The highest BCUT2D eigenvalue weighted by molar-refractivity contribution is 7.26. The monoisotopic (exact) mass is 597 g/mol. The highest BCUT2D eigenvalue weighted by Crippen LogP contribution is 2.44. The minimum absolute atomic E-state index is 0.673. The first kappa shape index (κ1) is 25.3. The SMILES string of the molecule is c1ccc(-c2nc(-c3cccc4c3sc3ccccc34)nc(-c3cccc4c3sc3cccc(-c5ccccc5)c34)n2)cc1. The third-order valence-corrected chi connectivity index (χ3v) is 10.6. The van der Waals surface area contributed by atoms with Crippen molar-refractivity contribution in [3.05, 3.63) is 140 Å². The fraction of sp³-hybridized carbons (Fsp3) is 0. The fourth-order valence-electron chi connectivity index (χ4n) is 6.14. The van der Waals surface area contributed by atoms with E-state index in [1.165, 1.54) is 51.5 Å². The molecule has 206 valence electrons. The standard InChI is InChI=1S/C39H23N3S2/c1-3-12-24(13-4-1)26-17-11-23-33-34(26)29-19-10-21-31(36(29)44-33)39-41-37(25-14-5-2-6-15-25)40-38(42-39)30-20-9-18-28-27-16-7-8-22-32(27)43-35(28)30/h1-23H. The summed E-state index contributed by atoms with van der Waals surface area (Å²) in [7, 11) is 0. The molecule has 0 atom stereocenters. The zero-order valence-corrected chi connectivity index (χ0v) is 25.1. The molecule has 5 heteroatoms. The molecule has 0 aliphatic carbocycles. The lowest BCUT2D eigenvalue weighted by atomic mass is 9.99. The Morgan fingerprint density at radius 2 is 0.841 bits per heavy atom. The average Bonchev–Trinajstić information content (AvgIpc) is 3.67. The molecule has 0 saturated carbocycles. The highest BCUT2D eigenvalue weighted by Gasteiger charge is 2.19. The zero-order valence-electron chi connectivity index (χ0n) is 23.4. The second-order valence-electron chi connectivity index (χ2n) is 10.8. The molecule has 0 bridgehead atoms. The summed E-state index contributed by atoms with van der Waals surface area (Å²) in [5.41, 5.74) is 5.47. The maximum Gasteiger partial charge on any atom is 0.165 e. The molecule has 0 saturated heterocycles. The number of aromatic nitrogens is 3. The number of thiophene rings is 2. The van der Waals surface area contributed by atoms with Gasteiger partial charge < -0.3 is 0 Å². The Labute approximate surface area is 261 Å². The van der Waals surface area contributed by atoms with Crippen LogP contribution in [0.3, 0.4) is 0 Å². The quantitative estimate of drug-likeness (QED) is 0.203. The van der Waals surface area contributed by atoms with Crippen LogP contribution in [0.2, 0.25) is 0 Å². The van der Waals surface area contributed by atoms with Crippen LogP contribution >= 0.6 is 22.7 Å². The van der Waals surface area contributed by atoms with E-state index in [1.807, 2.05) is 18.2 Å². The van der Waals surface area contributed by atoms with Crippen molar-refractivity contribution in [1.29, 1.82) is 0 Å². The first-order chi connectivity index (χ1) is 21.8. The van der Waals surface area contributed by atoms with Gasteiger partial charge in [0.15, 0.2) is 17.5 Å². The van der Waals surface area contributed by atoms with Crippen molar-refractivity contribution in [1.82, 2.24) is 15.0 Å². The maximum atomic E-state index is 5.21. The summed E-state index contributed by atoms with van der Waals surface area (Å²) >= 11 is 3.60. The van der Waals surface area contributed by atoms with Gasteiger partial charge in [0.1, 0.15) is 0 Å². The molecule has 0 radical (unpaired) electrons. The molecule has 44 heavy (non-hydrogen) atoms. The van der Waals surface area contributed by atoms with Gasteiger partial charge in [-0.15, -0.1) is 22.7 Å². The second kappa shape index (κ2) is 10.2. The third kappa shape index (κ3) is 4.05. The zero-order chi connectivity index (χ0) is 29.0. The van der Waals surface area contributed by atoms with E-state index in [0.29, 0.717) is 17.5 Å². The number of benzene rings is 6. The molecule has 0 unspecified atom stereocenters. The Kier molecular flexibility index (Phi) is 5.86. The van der Waals surface area contributed by atoms with Gasteiger partial charge in [0, 0.05) is 57.0 Å². The molecule has 3 nitrogen and oxygen atoms in total. The van der Waals surface area contributed by atoms with Gasteiger partial charge in [-0.25, -0.2) is 15.0 Å². The van der Waals surface area contributed by atoms with Crippen molar-refractivity contribution < 1.29 is 0 Å². The third-order valence-electron chi connectivity index (χ3n) is 8.16. The number of rotatable bonds is 4. The summed E-state index contributed by atoms with van der Waals surface area (Å²) in [4.78, 5) is 15.4. The van der Waals surface area contributed by atoms with Crippen LogP contribution in [0.25, 0.3) is 85.6 Å². The Morgan fingerprint density at radius 3 is 1.59 bits per heavy atom. The molecule has 0 aliphatic heterocycles. The Bertz CT molecular complexity index is 2500. The molecular weight excluding hydrogens is 575 g/mol. The van der Waals surface area contributed by atoms with Crippen molar-refractivity contribution in [3.8, 4) is 45.3 Å². The number of fused-ring (bicyclic) bond motifs is 6. The molecule has 0 N–H and O–H groups in total. The van der Waals surface area contributed by atoms with Crippen LogP contribution in [0.15, 0.2) is 140 Å². The summed E-state index contributed by atoms with van der Waals surface area (Å²) in [6.07, 6.45) is 0. The lowest BCUT2D eigenvalue weighted by molar-refractivity contribution is 1.08. The topological polar surface area (TPSA) is 38.7 Å². The molecule has 6 aromatic carbocycles. The van der Waals surface area contributed by atoms with Crippen molar-refractivity contribution in [2.45, 2.75) is 0 Å². The summed E-state index contributed by atoms with van der Waals surface area (Å²) < 4.78 is 4.89. The van der Waals surface area contributed by atoms with E-state index < -0.39 is 0 Å². The largest absolute Gasteiger partial charge is 0.208 e. The maximum absolute atomic E-state index is 5.21. The van der Waals surface area contributed by atoms with Gasteiger partial charge in [-0.3, -0.25) is 0 Å². The Morgan fingerprint density at radius 1 is 0.341 bits per heavy atom.